The SMILES string of the molecule is CCNC(=NCc1ncc(C)s1)NCC(O)COc1ccc(F)cc1.I. The summed E-state index contributed by atoms with van der Waals surface area (Å²) in [5.41, 5.74) is 0. The van der Waals surface area contributed by atoms with Gasteiger partial charge in [-0.1, -0.05) is 0 Å². The average molecular weight is 494 g/mol. The minimum absolute atomic E-state index is 0. The van der Waals surface area contributed by atoms with E-state index in [1.807, 2.05) is 20.0 Å². The van der Waals surface area contributed by atoms with Crippen LogP contribution >= 0.6 is 35.3 Å². The molecule has 1 aromatic carbocycles. The van der Waals surface area contributed by atoms with Gasteiger partial charge in [0.15, 0.2) is 5.96 Å². The van der Waals surface area contributed by atoms with Crippen molar-refractivity contribution in [1.29, 1.82) is 0 Å². The molecular weight excluding hydrogens is 470 g/mol. The van der Waals surface area contributed by atoms with Crippen molar-refractivity contribution < 1.29 is 14.2 Å². The van der Waals surface area contributed by atoms with Crippen LogP contribution in [0.2, 0.25) is 0 Å². The minimum Gasteiger partial charge on any atom is -0.491 e. The van der Waals surface area contributed by atoms with Gasteiger partial charge in [-0.15, -0.1) is 35.3 Å². The van der Waals surface area contributed by atoms with Crippen LogP contribution in [0.15, 0.2) is 35.5 Å². The lowest BCUT2D eigenvalue weighted by Crippen LogP contribution is -2.42. The molecule has 0 spiro atoms. The summed E-state index contributed by atoms with van der Waals surface area (Å²) in [6.07, 6.45) is 1.10. The number of thiazole rings is 1. The number of aliphatic hydroxyl groups excluding tert-OH is 1. The van der Waals surface area contributed by atoms with Gasteiger partial charge in [0.1, 0.15) is 29.3 Å². The summed E-state index contributed by atoms with van der Waals surface area (Å²) >= 11 is 1.61. The van der Waals surface area contributed by atoms with Crippen molar-refractivity contribution in [2.24, 2.45) is 4.99 Å². The maximum absolute atomic E-state index is 12.8. The van der Waals surface area contributed by atoms with Crippen molar-refractivity contribution in [2.45, 2.75) is 26.5 Å². The van der Waals surface area contributed by atoms with E-state index in [0.717, 1.165) is 9.88 Å². The summed E-state index contributed by atoms with van der Waals surface area (Å²) in [6.45, 7) is 5.55. The van der Waals surface area contributed by atoms with E-state index < -0.39 is 6.10 Å². The quantitative estimate of drug-likeness (QED) is 0.299. The molecule has 0 saturated heterocycles. The molecule has 144 valence electrons. The molecule has 0 aliphatic rings. The van der Waals surface area contributed by atoms with E-state index in [2.05, 4.69) is 20.6 Å². The zero-order valence-corrected chi connectivity index (χ0v) is 17.9. The van der Waals surface area contributed by atoms with Crippen LogP contribution in [0, 0.1) is 12.7 Å². The Balaban J connectivity index is 0.00000338. The minimum atomic E-state index is -0.726. The number of hydrogen-bond donors (Lipinski definition) is 3. The molecule has 0 bridgehead atoms. The molecule has 9 heteroatoms. The first kappa shape index (κ1) is 22.6. The van der Waals surface area contributed by atoms with E-state index >= 15 is 0 Å². The Bertz CT molecular complexity index is 682. The molecule has 3 N–H and O–H groups in total. The highest BCUT2D eigenvalue weighted by molar-refractivity contribution is 14.0. The third kappa shape index (κ3) is 8.28. The predicted molar refractivity (Wildman–Crippen MR) is 113 cm³/mol. The summed E-state index contributed by atoms with van der Waals surface area (Å²) in [7, 11) is 0. The zero-order valence-electron chi connectivity index (χ0n) is 14.7. The molecule has 0 amide bonds. The van der Waals surface area contributed by atoms with Crippen LogP contribution in [0.5, 0.6) is 5.75 Å². The molecule has 1 atom stereocenters. The summed E-state index contributed by atoms with van der Waals surface area (Å²) in [5, 5.41) is 17.1. The highest BCUT2D eigenvalue weighted by Gasteiger charge is 2.07. The molecule has 6 nitrogen and oxygen atoms in total. The Morgan fingerprint density at radius 1 is 1.35 bits per heavy atom. The number of aromatic nitrogens is 1. The van der Waals surface area contributed by atoms with E-state index in [4.69, 9.17) is 4.74 Å². The third-order valence-electron chi connectivity index (χ3n) is 3.15. The molecule has 0 aliphatic carbocycles. The van der Waals surface area contributed by atoms with Gasteiger partial charge >= 0.3 is 0 Å². The number of guanidine groups is 1. The molecule has 1 aromatic heterocycles. The van der Waals surface area contributed by atoms with Crippen LogP contribution in [0.1, 0.15) is 16.8 Å². The van der Waals surface area contributed by atoms with Gasteiger partial charge < -0.3 is 20.5 Å². The normalized spacial score (nSPS) is 12.2. The van der Waals surface area contributed by atoms with Crippen LogP contribution in [0.25, 0.3) is 0 Å². The van der Waals surface area contributed by atoms with Crippen molar-refractivity contribution in [3.05, 3.63) is 46.2 Å². The van der Waals surface area contributed by atoms with Crippen molar-refractivity contribution in [1.82, 2.24) is 15.6 Å². The summed E-state index contributed by atoms with van der Waals surface area (Å²) < 4.78 is 18.2. The van der Waals surface area contributed by atoms with Crippen LogP contribution in [0.3, 0.4) is 0 Å². The number of aliphatic imine (C=N–C) groups is 1. The van der Waals surface area contributed by atoms with E-state index in [1.54, 1.807) is 11.3 Å². The second-order valence-electron chi connectivity index (χ2n) is 5.36. The fourth-order valence-electron chi connectivity index (χ4n) is 1.96. The van der Waals surface area contributed by atoms with E-state index in [-0.39, 0.29) is 42.9 Å². The number of nitrogens with one attached hydrogen (secondary N) is 2. The molecule has 0 aliphatic heterocycles. The van der Waals surface area contributed by atoms with E-state index in [0.29, 0.717) is 24.8 Å². The number of aryl methyl sites for hydroxylation is 1. The maximum Gasteiger partial charge on any atom is 0.191 e. The van der Waals surface area contributed by atoms with Crippen molar-refractivity contribution >= 4 is 41.3 Å². The molecule has 2 aromatic rings. The molecule has 2 rings (SSSR count). The lowest BCUT2D eigenvalue weighted by molar-refractivity contribution is 0.110. The van der Waals surface area contributed by atoms with Crippen LogP contribution in [-0.2, 0) is 6.54 Å². The molecule has 0 radical (unpaired) electrons. The number of ether oxygens (including phenoxy) is 1. The lowest BCUT2D eigenvalue weighted by Gasteiger charge is -2.15. The first-order chi connectivity index (χ1) is 12.1. The summed E-state index contributed by atoms with van der Waals surface area (Å²) in [6, 6.07) is 5.68. The third-order valence-corrected chi connectivity index (χ3v) is 4.04. The molecule has 26 heavy (non-hydrogen) atoms. The fourth-order valence-corrected chi connectivity index (χ4v) is 2.67. The first-order valence-electron chi connectivity index (χ1n) is 8.06. The van der Waals surface area contributed by atoms with Gasteiger partial charge in [0.05, 0.1) is 6.54 Å². The highest BCUT2D eigenvalue weighted by atomic mass is 127. The van der Waals surface area contributed by atoms with Gasteiger partial charge in [-0.2, -0.15) is 0 Å². The number of hydrogen-bond acceptors (Lipinski definition) is 5. The Kier molecular flexibility index (Phi) is 10.4. The number of rotatable bonds is 8. The van der Waals surface area contributed by atoms with Crippen molar-refractivity contribution in [3.63, 3.8) is 0 Å². The second-order valence-corrected chi connectivity index (χ2v) is 6.68. The van der Waals surface area contributed by atoms with Gasteiger partial charge in [0.2, 0.25) is 0 Å². The fraction of sp³-hybridized carbons (Fsp3) is 0.412. The van der Waals surface area contributed by atoms with Gasteiger partial charge in [-0.05, 0) is 38.1 Å². The van der Waals surface area contributed by atoms with Crippen LogP contribution < -0.4 is 15.4 Å². The van der Waals surface area contributed by atoms with Crippen molar-refractivity contribution in [2.75, 3.05) is 19.7 Å². The Morgan fingerprint density at radius 3 is 2.69 bits per heavy atom. The Labute approximate surface area is 173 Å². The number of nitrogens with zero attached hydrogens (tertiary/aromatic N) is 2. The monoisotopic (exact) mass is 494 g/mol. The molecule has 1 heterocycles. The second kappa shape index (κ2) is 12.0. The van der Waals surface area contributed by atoms with Crippen LogP contribution in [0.4, 0.5) is 4.39 Å². The summed E-state index contributed by atoms with van der Waals surface area (Å²) in [5.74, 6) is 0.799. The van der Waals surface area contributed by atoms with Gasteiger partial charge in [0.25, 0.3) is 0 Å². The largest absolute Gasteiger partial charge is 0.491 e. The number of benzene rings is 1. The Hall–Kier alpha value is -1.46. The lowest BCUT2D eigenvalue weighted by atomic mass is 10.3. The zero-order chi connectivity index (χ0) is 18.1. The molecule has 0 saturated carbocycles. The number of halogens is 2. The molecular formula is C17H24FIN4O2S. The highest BCUT2D eigenvalue weighted by Crippen LogP contribution is 2.12. The average Bonchev–Trinajstić information content (AvgIpc) is 3.02. The van der Waals surface area contributed by atoms with E-state index in [9.17, 15) is 9.50 Å². The molecule has 0 fully saturated rings. The van der Waals surface area contributed by atoms with Crippen LogP contribution in [-0.4, -0.2) is 41.9 Å². The van der Waals surface area contributed by atoms with Gasteiger partial charge in [0, 0.05) is 24.2 Å². The topological polar surface area (TPSA) is 78.8 Å². The smallest absolute Gasteiger partial charge is 0.191 e. The molecule has 1 unspecified atom stereocenters. The summed E-state index contributed by atoms with van der Waals surface area (Å²) in [4.78, 5) is 9.87. The van der Waals surface area contributed by atoms with Gasteiger partial charge in [-0.25, -0.2) is 14.4 Å². The standard InChI is InChI=1S/C17H23FN4O2S.HI/c1-3-19-17(22-10-16-20-8-12(2)25-16)21-9-14(23)11-24-15-6-4-13(18)5-7-15;/h4-8,14,23H,3,9-11H2,1-2H3,(H2,19,21,22);1H. The van der Waals surface area contributed by atoms with E-state index in [1.165, 1.54) is 24.3 Å². The first-order valence-corrected chi connectivity index (χ1v) is 8.88. The Morgan fingerprint density at radius 2 is 2.08 bits per heavy atom. The number of aliphatic hydroxyl groups is 1. The predicted octanol–water partition coefficient (Wildman–Crippen LogP) is 2.70. The van der Waals surface area contributed by atoms with Crippen molar-refractivity contribution in [3.8, 4) is 5.75 Å². The van der Waals surface area contributed by atoms with Gasteiger partial charge in [-0.3, -0.25) is 0 Å². The maximum atomic E-state index is 12.8.